The number of nitrogens with one attached hydrogen (secondary N) is 3. The molecule has 0 saturated carbocycles. The Hall–Kier alpha value is -2.55. The number of halogens is 2. The Bertz CT molecular complexity index is 625. The summed E-state index contributed by atoms with van der Waals surface area (Å²) >= 11 is 0. The fourth-order valence-corrected chi connectivity index (χ4v) is 1.95. The lowest BCUT2D eigenvalue weighted by atomic mass is 10.3. The van der Waals surface area contributed by atoms with Gasteiger partial charge in [0.2, 0.25) is 17.7 Å². The van der Waals surface area contributed by atoms with Crippen molar-refractivity contribution in [1.82, 2.24) is 15.5 Å². The SMILES string of the molecule is CCNC(=O)CN(CC)CC(=O)NCC(=O)Nc1ccc(F)c(F)c1. The number of nitrogens with zero attached hydrogens (tertiary/aromatic N) is 1. The molecule has 0 heterocycles. The van der Waals surface area contributed by atoms with Gasteiger partial charge in [-0.1, -0.05) is 6.92 Å². The van der Waals surface area contributed by atoms with Crippen LogP contribution in [0.25, 0.3) is 0 Å². The van der Waals surface area contributed by atoms with E-state index < -0.39 is 23.4 Å². The van der Waals surface area contributed by atoms with Crippen LogP contribution >= 0.6 is 0 Å². The van der Waals surface area contributed by atoms with Gasteiger partial charge in [-0.2, -0.15) is 0 Å². The average Bonchev–Trinajstić information content (AvgIpc) is 2.56. The number of carbonyl (C=O) groups is 3. The second-order valence-corrected chi connectivity index (χ2v) is 5.21. The fraction of sp³-hybridized carbons (Fsp3) is 0.438. The van der Waals surface area contributed by atoms with Crippen molar-refractivity contribution in [3.63, 3.8) is 0 Å². The Morgan fingerprint density at radius 1 is 0.960 bits per heavy atom. The van der Waals surface area contributed by atoms with Crippen molar-refractivity contribution in [3.8, 4) is 0 Å². The summed E-state index contributed by atoms with van der Waals surface area (Å²) in [6.45, 7) is 4.33. The van der Waals surface area contributed by atoms with Gasteiger partial charge in [-0.3, -0.25) is 19.3 Å². The predicted octanol–water partition coefficient (Wildman–Crippen LogP) is 0.478. The first-order chi connectivity index (χ1) is 11.8. The monoisotopic (exact) mass is 356 g/mol. The van der Waals surface area contributed by atoms with Crippen LogP contribution in [0.3, 0.4) is 0 Å². The molecular formula is C16H22F2N4O3. The van der Waals surface area contributed by atoms with E-state index in [-0.39, 0.29) is 31.2 Å². The molecular weight excluding hydrogens is 334 g/mol. The molecule has 138 valence electrons. The minimum absolute atomic E-state index is 0.0356. The van der Waals surface area contributed by atoms with E-state index in [2.05, 4.69) is 16.0 Å². The lowest BCUT2D eigenvalue weighted by Crippen LogP contribution is -2.44. The maximum absolute atomic E-state index is 13.1. The second kappa shape index (κ2) is 10.3. The minimum Gasteiger partial charge on any atom is -0.355 e. The first kappa shape index (κ1) is 20.5. The van der Waals surface area contributed by atoms with Crippen molar-refractivity contribution in [2.45, 2.75) is 13.8 Å². The predicted molar refractivity (Wildman–Crippen MR) is 88.8 cm³/mol. The summed E-state index contributed by atoms with van der Waals surface area (Å²) in [5.74, 6) is -3.28. The third kappa shape index (κ3) is 7.71. The molecule has 0 radical (unpaired) electrons. The van der Waals surface area contributed by atoms with Gasteiger partial charge in [0.15, 0.2) is 11.6 Å². The number of benzene rings is 1. The molecule has 0 aliphatic carbocycles. The molecule has 0 saturated heterocycles. The molecule has 0 atom stereocenters. The van der Waals surface area contributed by atoms with Crippen LogP contribution in [-0.2, 0) is 14.4 Å². The van der Waals surface area contributed by atoms with E-state index in [0.29, 0.717) is 13.1 Å². The van der Waals surface area contributed by atoms with E-state index in [1.165, 1.54) is 6.07 Å². The highest BCUT2D eigenvalue weighted by Gasteiger charge is 2.13. The molecule has 0 aromatic heterocycles. The van der Waals surface area contributed by atoms with Gasteiger partial charge in [0.1, 0.15) is 0 Å². The summed E-state index contributed by atoms with van der Waals surface area (Å²) in [7, 11) is 0. The standard InChI is InChI=1S/C16H22F2N4O3/c1-3-19-15(24)9-22(4-2)10-16(25)20-8-14(23)21-11-5-6-12(17)13(18)7-11/h5-7H,3-4,8-10H2,1-2H3,(H,19,24)(H,20,25)(H,21,23). The first-order valence-electron chi connectivity index (χ1n) is 7.86. The first-order valence-corrected chi connectivity index (χ1v) is 7.86. The van der Waals surface area contributed by atoms with Gasteiger partial charge in [0.25, 0.3) is 0 Å². The molecule has 25 heavy (non-hydrogen) atoms. The van der Waals surface area contributed by atoms with Gasteiger partial charge in [0.05, 0.1) is 19.6 Å². The molecule has 0 bridgehead atoms. The molecule has 0 fully saturated rings. The van der Waals surface area contributed by atoms with Crippen LogP contribution in [-0.4, -0.2) is 55.3 Å². The van der Waals surface area contributed by atoms with Gasteiger partial charge >= 0.3 is 0 Å². The fourth-order valence-electron chi connectivity index (χ4n) is 1.95. The van der Waals surface area contributed by atoms with Crippen LogP contribution in [0.5, 0.6) is 0 Å². The van der Waals surface area contributed by atoms with E-state index in [1.54, 1.807) is 11.8 Å². The highest BCUT2D eigenvalue weighted by molar-refractivity contribution is 5.94. The maximum atomic E-state index is 13.1. The van der Waals surface area contributed by atoms with E-state index in [0.717, 1.165) is 12.1 Å². The van der Waals surface area contributed by atoms with Crippen molar-refractivity contribution in [3.05, 3.63) is 29.8 Å². The molecule has 0 aliphatic heterocycles. The van der Waals surface area contributed by atoms with Crippen LogP contribution < -0.4 is 16.0 Å². The molecule has 0 unspecified atom stereocenters. The zero-order valence-electron chi connectivity index (χ0n) is 14.2. The molecule has 1 aromatic rings. The molecule has 7 nitrogen and oxygen atoms in total. The Balaban J connectivity index is 2.40. The number of carbonyl (C=O) groups excluding carboxylic acids is 3. The average molecular weight is 356 g/mol. The Labute approximate surface area is 144 Å². The molecule has 3 amide bonds. The quantitative estimate of drug-likeness (QED) is 0.600. The zero-order chi connectivity index (χ0) is 18.8. The second-order valence-electron chi connectivity index (χ2n) is 5.21. The number of rotatable bonds is 9. The molecule has 9 heteroatoms. The van der Waals surface area contributed by atoms with Gasteiger partial charge in [-0.05, 0) is 25.6 Å². The number of amides is 3. The van der Waals surface area contributed by atoms with Gasteiger partial charge in [-0.15, -0.1) is 0 Å². The highest BCUT2D eigenvalue weighted by atomic mass is 19.2. The van der Waals surface area contributed by atoms with Crippen LogP contribution in [0.15, 0.2) is 18.2 Å². The van der Waals surface area contributed by atoms with E-state index in [4.69, 9.17) is 0 Å². The van der Waals surface area contributed by atoms with Crippen molar-refractivity contribution < 1.29 is 23.2 Å². The third-order valence-electron chi connectivity index (χ3n) is 3.21. The number of hydrogen-bond acceptors (Lipinski definition) is 4. The van der Waals surface area contributed by atoms with Crippen molar-refractivity contribution >= 4 is 23.4 Å². The van der Waals surface area contributed by atoms with Crippen molar-refractivity contribution in [2.24, 2.45) is 0 Å². The maximum Gasteiger partial charge on any atom is 0.243 e. The molecule has 0 spiro atoms. The summed E-state index contributed by atoms with van der Waals surface area (Å²) in [5, 5.41) is 7.39. The van der Waals surface area contributed by atoms with Crippen LogP contribution in [0.4, 0.5) is 14.5 Å². The van der Waals surface area contributed by atoms with Crippen molar-refractivity contribution in [1.29, 1.82) is 0 Å². The van der Waals surface area contributed by atoms with Gasteiger partial charge in [0, 0.05) is 18.3 Å². The third-order valence-corrected chi connectivity index (χ3v) is 3.21. The number of anilines is 1. The lowest BCUT2D eigenvalue weighted by molar-refractivity contribution is -0.126. The van der Waals surface area contributed by atoms with Gasteiger partial charge < -0.3 is 16.0 Å². The van der Waals surface area contributed by atoms with E-state index in [9.17, 15) is 23.2 Å². The molecule has 0 aliphatic rings. The summed E-state index contributed by atoms with van der Waals surface area (Å²) < 4.78 is 25.9. The Kier molecular flexibility index (Phi) is 8.48. The summed E-state index contributed by atoms with van der Waals surface area (Å²) in [5.41, 5.74) is 0.0876. The minimum atomic E-state index is -1.08. The molecule has 3 N–H and O–H groups in total. The highest BCUT2D eigenvalue weighted by Crippen LogP contribution is 2.12. The number of likely N-dealkylation sites (N-methyl/N-ethyl adjacent to an activating group) is 2. The zero-order valence-corrected chi connectivity index (χ0v) is 14.2. The molecule has 1 rings (SSSR count). The Morgan fingerprint density at radius 3 is 2.16 bits per heavy atom. The number of hydrogen-bond donors (Lipinski definition) is 3. The smallest absolute Gasteiger partial charge is 0.243 e. The topological polar surface area (TPSA) is 90.5 Å². The van der Waals surface area contributed by atoms with Crippen LogP contribution in [0.1, 0.15) is 13.8 Å². The summed E-state index contributed by atoms with van der Waals surface area (Å²) in [6.07, 6.45) is 0. The Morgan fingerprint density at radius 2 is 1.60 bits per heavy atom. The molecule has 1 aromatic carbocycles. The van der Waals surface area contributed by atoms with E-state index in [1.807, 2.05) is 6.92 Å². The normalized spacial score (nSPS) is 10.4. The van der Waals surface area contributed by atoms with E-state index >= 15 is 0 Å². The van der Waals surface area contributed by atoms with Crippen LogP contribution in [0.2, 0.25) is 0 Å². The largest absolute Gasteiger partial charge is 0.355 e. The van der Waals surface area contributed by atoms with Crippen molar-refractivity contribution in [2.75, 3.05) is 38.0 Å². The van der Waals surface area contributed by atoms with Crippen LogP contribution in [0, 0.1) is 11.6 Å². The summed E-state index contributed by atoms with van der Waals surface area (Å²) in [4.78, 5) is 36.7. The summed E-state index contributed by atoms with van der Waals surface area (Å²) in [6, 6.07) is 2.95. The van der Waals surface area contributed by atoms with Gasteiger partial charge in [-0.25, -0.2) is 8.78 Å². The lowest BCUT2D eigenvalue weighted by Gasteiger charge is -2.19.